The summed E-state index contributed by atoms with van der Waals surface area (Å²) >= 11 is 14.4. The third kappa shape index (κ3) is 3.30. The molecule has 2 heterocycles. The highest BCUT2D eigenvalue weighted by molar-refractivity contribution is 7.99. The monoisotopic (exact) mass is 410 g/mol. The van der Waals surface area contributed by atoms with Gasteiger partial charge in [-0.3, -0.25) is 0 Å². The van der Waals surface area contributed by atoms with E-state index in [2.05, 4.69) is 14.7 Å². The van der Waals surface area contributed by atoms with Gasteiger partial charge in [-0.25, -0.2) is 9.97 Å². The number of hydrogen-bond donors (Lipinski definition) is 2. The minimum atomic E-state index is 0.351. The summed E-state index contributed by atoms with van der Waals surface area (Å²) in [5.74, 6) is 1.93. The number of ether oxygens (including phenoxy) is 2. The first-order chi connectivity index (χ1) is 12.5. The van der Waals surface area contributed by atoms with Crippen LogP contribution in [0.5, 0.6) is 11.5 Å². The van der Waals surface area contributed by atoms with Gasteiger partial charge in [0.2, 0.25) is 0 Å². The van der Waals surface area contributed by atoms with Gasteiger partial charge in [0.05, 0.1) is 30.0 Å². The van der Waals surface area contributed by atoms with Crippen LogP contribution < -0.4 is 19.9 Å². The fourth-order valence-electron chi connectivity index (χ4n) is 2.58. The molecule has 0 radical (unpaired) electrons. The Morgan fingerprint density at radius 1 is 1.08 bits per heavy atom. The average molecular weight is 411 g/mol. The summed E-state index contributed by atoms with van der Waals surface area (Å²) in [4.78, 5) is 8.83. The SMILES string of the molecule is COc1cc(OC)c(Cl)c(-c2cc3cnc(N)cc3c(NSC)n2)c1Cl. The number of nitrogens with two attached hydrogens (primary N) is 1. The van der Waals surface area contributed by atoms with Gasteiger partial charge in [-0.15, -0.1) is 0 Å². The van der Waals surface area contributed by atoms with Crippen molar-refractivity contribution in [2.24, 2.45) is 0 Å². The molecule has 26 heavy (non-hydrogen) atoms. The molecular formula is C17H16Cl2N4O2S. The zero-order chi connectivity index (χ0) is 18.8. The number of fused-ring (bicyclic) bond motifs is 1. The molecule has 0 spiro atoms. The number of halogens is 2. The number of pyridine rings is 2. The Bertz CT molecular complexity index is 957. The summed E-state index contributed by atoms with van der Waals surface area (Å²) in [6, 6.07) is 5.25. The topological polar surface area (TPSA) is 82.3 Å². The molecule has 0 unspecified atom stereocenters. The van der Waals surface area contributed by atoms with E-state index in [0.29, 0.717) is 44.4 Å². The first-order valence-electron chi connectivity index (χ1n) is 7.45. The van der Waals surface area contributed by atoms with Gasteiger partial charge >= 0.3 is 0 Å². The first kappa shape index (κ1) is 18.7. The van der Waals surface area contributed by atoms with E-state index in [1.165, 1.54) is 26.2 Å². The van der Waals surface area contributed by atoms with Gasteiger partial charge in [-0.1, -0.05) is 35.1 Å². The molecule has 0 bridgehead atoms. The van der Waals surface area contributed by atoms with Gasteiger partial charge < -0.3 is 19.9 Å². The smallest absolute Gasteiger partial charge is 0.144 e. The number of rotatable bonds is 5. The lowest BCUT2D eigenvalue weighted by Gasteiger charge is -2.16. The van der Waals surface area contributed by atoms with Crippen LogP contribution in [0.15, 0.2) is 24.4 Å². The molecule has 2 aromatic heterocycles. The number of benzene rings is 1. The van der Waals surface area contributed by atoms with Crippen LogP contribution in [-0.2, 0) is 0 Å². The van der Waals surface area contributed by atoms with Crippen molar-refractivity contribution in [1.82, 2.24) is 9.97 Å². The Hall–Kier alpha value is -2.09. The molecule has 136 valence electrons. The Kier molecular flexibility index (Phi) is 5.50. The molecule has 0 saturated carbocycles. The molecule has 0 fully saturated rings. The van der Waals surface area contributed by atoms with Crippen LogP contribution in [0.2, 0.25) is 10.0 Å². The molecule has 1 aromatic carbocycles. The maximum Gasteiger partial charge on any atom is 0.144 e. The van der Waals surface area contributed by atoms with Crippen molar-refractivity contribution in [3.05, 3.63) is 34.4 Å². The minimum Gasteiger partial charge on any atom is -0.495 e. The molecule has 0 aliphatic heterocycles. The van der Waals surface area contributed by atoms with Crippen molar-refractivity contribution in [1.29, 1.82) is 0 Å². The molecule has 0 saturated heterocycles. The fraction of sp³-hybridized carbons (Fsp3) is 0.176. The highest BCUT2D eigenvalue weighted by Crippen LogP contribution is 2.46. The molecule has 0 aliphatic rings. The van der Waals surface area contributed by atoms with E-state index in [1.807, 2.05) is 12.3 Å². The van der Waals surface area contributed by atoms with E-state index in [4.69, 9.17) is 38.4 Å². The first-order valence-corrected chi connectivity index (χ1v) is 9.43. The van der Waals surface area contributed by atoms with Crippen LogP contribution in [0.1, 0.15) is 0 Å². The number of nitrogen functional groups attached to an aromatic ring is 1. The fourth-order valence-corrected chi connectivity index (χ4v) is 3.62. The summed E-state index contributed by atoms with van der Waals surface area (Å²) < 4.78 is 13.8. The highest BCUT2D eigenvalue weighted by Gasteiger charge is 2.21. The lowest BCUT2D eigenvalue weighted by Crippen LogP contribution is -1.99. The van der Waals surface area contributed by atoms with Gasteiger partial charge in [-0.2, -0.15) is 0 Å². The van der Waals surface area contributed by atoms with E-state index in [1.54, 1.807) is 18.3 Å². The molecule has 0 amide bonds. The van der Waals surface area contributed by atoms with Crippen LogP contribution in [0.4, 0.5) is 11.6 Å². The molecule has 6 nitrogen and oxygen atoms in total. The maximum atomic E-state index is 6.52. The Morgan fingerprint density at radius 2 is 1.73 bits per heavy atom. The zero-order valence-corrected chi connectivity index (χ0v) is 16.6. The summed E-state index contributed by atoms with van der Waals surface area (Å²) in [6.07, 6.45) is 3.58. The highest BCUT2D eigenvalue weighted by atomic mass is 35.5. The molecule has 3 aromatic rings. The molecule has 0 aliphatic carbocycles. The predicted octanol–water partition coefficient (Wildman–Crippen LogP) is 4.89. The van der Waals surface area contributed by atoms with Gasteiger partial charge in [0, 0.05) is 34.9 Å². The van der Waals surface area contributed by atoms with E-state index in [-0.39, 0.29) is 0 Å². The Morgan fingerprint density at radius 3 is 2.31 bits per heavy atom. The second-order valence-electron chi connectivity index (χ2n) is 5.28. The number of methoxy groups -OCH3 is 2. The van der Waals surface area contributed by atoms with Gasteiger partial charge in [0.1, 0.15) is 23.1 Å². The second-order valence-corrected chi connectivity index (χ2v) is 6.64. The summed E-state index contributed by atoms with van der Waals surface area (Å²) in [5, 5.41) is 2.39. The van der Waals surface area contributed by atoms with Crippen LogP contribution in [-0.4, -0.2) is 30.4 Å². The van der Waals surface area contributed by atoms with E-state index >= 15 is 0 Å². The second kappa shape index (κ2) is 7.65. The van der Waals surface area contributed by atoms with Crippen molar-refractivity contribution in [2.45, 2.75) is 0 Å². The number of nitrogens with one attached hydrogen (secondary N) is 1. The van der Waals surface area contributed by atoms with E-state index in [0.717, 1.165) is 10.8 Å². The molecule has 3 N–H and O–H groups in total. The number of anilines is 2. The van der Waals surface area contributed by atoms with Crippen molar-refractivity contribution in [3.8, 4) is 22.8 Å². The van der Waals surface area contributed by atoms with E-state index < -0.39 is 0 Å². The van der Waals surface area contributed by atoms with Crippen LogP contribution in [0.25, 0.3) is 22.0 Å². The summed E-state index contributed by atoms with van der Waals surface area (Å²) in [6.45, 7) is 0. The van der Waals surface area contributed by atoms with Crippen molar-refractivity contribution in [3.63, 3.8) is 0 Å². The zero-order valence-electron chi connectivity index (χ0n) is 14.3. The third-order valence-electron chi connectivity index (χ3n) is 3.76. The molecular weight excluding hydrogens is 395 g/mol. The van der Waals surface area contributed by atoms with Crippen molar-refractivity contribution >= 4 is 57.6 Å². The maximum absolute atomic E-state index is 6.52. The standard InChI is InChI=1S/C17H16Cl2N4O2S/c1-24-11-6-12(25-2)16(19)14(15(11)18)10-4-8-7-21-13(20)5-9(8)17(22-10)23-26-3/h4-7H,1-3H3,(H2,20,21)(H,22,23). The molecule has 9 heteroatoms. The largest absolute Gasteiger partial charge is 0.495 e. The predicted molar refractivity (Wildman–Crippen MR) is 110 cm³/mol. The molecule has 3 rings (SSSR count). The van der Waals surface area contributed by atoms with Gasteiger partial charge in [0.25, 0.3) is 0 Å². The summed E-state index contributed by atoms with van der Waals surface area (Å²) in [5.41, 5.74) is 6.90. The number of aromatic nitrogens is 2. The Balaban J connectivity index is 2.34. The number of nitrogens with zero attached hydrogens (tertiary/aromatic N) is 2. The average Bonchev–Trinajstić information content (AvgIpc) is 2.63. The van der Waals surface area contributed by atoms with Crippen molar-refractivity contribution in [2.75, 3.05) is 30.9 Å². The van der Waals surface area contributed by atoms with Gasteiger partial charge in [-0.05, 0) is 12.1 Å². The van der Waals surface area contributed by atoms with Crippen LogP contribution in [0.3, 0.4) is 0 Å². The van der Waals surface area contributed by atoms with Crippen LogP contribution in [0, 0.1) is 0 Å². The minimum absolute atomic E-state index is 0.351. The normalized spacial score (nSPS) is 10.8. The van der Waals surface area contributed by atoms with Crippen molar-refractivity contribution < 1.29 is 9.47 Å². The molecule has 0 atom stereocenters. The third-order valence-corrected chi connectivity index (χ3v) is 4.91. The Labute approximate surface area is 165 Å². The number of hydrogen-bond acceptors (Lipinski definition) is 7. The quantitative estimate of drug-likeness (QED) is 0.579. The van der Waals surface area contributed by atoms with E-state index in [9.17, 15) is 0 Å². The lowest BCUT2D eigenvalue weighted by atomic mass is 10.1. The lowest BCUT2D eigenvalue weighted by molar-refractivity contribution is 0.395. The van der Waals surface area contributed by atoms with Crippen LogP contribution >= 0.6 is 35.1 Å². The van der Waals surface area contributed by atoms with Gasteiger partial charge in [0.15, 0.2) is 0 Å². The summed E-state index contributed by atoms with van der Waals surface area (Å²) in [7, 11) is 3.05.